The molecule has 1 fully saturated rings. The molecule has 0 spiro atoms. The first-order valence-corrected chi connectivity index (χ1v) is 10.5. The number of H-pyrrole nitrogens is 1. The molecular formula is C21H24N4O2S. The van der Waals surface area contributed by atoms with E-state index in [2.05, 4.69) is 45.7 Å². The molecule has 1 saturated heterocycles. The second-order valence-electron chi connectivity index (χ2n) is 7.23. The van der Waals surface area contributed by atoms with E-state index in [4.69, 9.17) is 5.73 Å². The summed E-state index contributed by atoms with van der Waals surface area (Å²) in [5.74, 6) is -0.0370. The molecule has 0 bridgehead atoms. The largest absolute Gasteiger partial charge is 0.366 e. The molecule has 1 aliphatic heterocycles. The number of hydrogen-bond donors (Lipinski definition) is 3. The van der Waals surface area contributed by atoms with Gasteiger partial charge in [-0.3, -0.25) is 9.59 Å². The Morgan fingerprint density at radius 1 is 1.21 bits per heavy atom. The van der Waals surface area contributed by atoms with Crippen LogP contribution >= 0.6 is 11.3 Å². The lowest BCUT2D eigenvalue weighted by molar-refractivity contribution is -0.116. The first-order chi connectivity index (χ1) is 13.6. The lowest BCUT2D eigenvalue weighted by Gasteiger charge is -2.31. The van der Waals surface area contributed by atoms with Crippen molar-refractivity contribution in [3.05, 3.63) is 53.0 Å². The molecule has 4 N–H and O–H groups in total. The summed E-state index contributed by atoms with van der Waals surface area (Å²) in [6, 6.07) is 10.1. The zero-order valence-electron chi connectivity index (χ0n) is 15.6. The zero-order valence-corrected chi connectivity index (χ0v) is 16.4. The highest BCUT2D eigenvalue weighted by molar-refractivity contribution is 7.14. The number of para-hydroxylation sites is 1. The number of nitrogens with two attached hydrogens (primary N) is 1. The van der Waals surface area contributed by atoms with E-state index in [-0.39, 0.29) is 5.91 Å². The van der Waals surface area contributed by atoms with Crippen molar-refractivity contribution in [1.29, 1.82) is 0 Å². The van der Waals surface area contributed by atoms with E-state index in [1.807, 2.05) is 0 Å². The molecule has 7 heteroatoms. The molecule has 1 aliphatic rings. The number of benzene rings is 1. The van der Waals surface area contributed by atoms with Gasteiger partial charge in [0.05, 0.1) is 5.56 Å². The van der Waals surface area contributed by atoms with Crippen LogP contribution in [-0.4, -0.2) is 41.3 Å². The molecule has 146 valence electrons. The number of piperidine rings is 1. The topological polar surface area (TPSA) is 91.2 Å². The van der Waals surface area contributed by atoms with Gasteiger partial charge < -0.3 is 20.9 Å². The maximum atomic E-state index is 12.2. The third-order valence-corrected chi connectivity index (χ3v) is 6.32. The summed E-state index contributed by atoms with van der Waals surface area (Å²) < 4.78 is 0. The first kappa shape index (κ1) is 18.7. The summed E-state index contributed by atoms with van der Waals surface area (Å²) in [5.41, 5.74) is 8.29. The van der Waals surface area contributed by atoms with E-state index in [1.54, 1.807) is 11.4 Å². The highest BCUT2D eigenvalue weighted by Gasteiger charge is 2.23. The van der Waals surface area contributed by atoms with Crippen LogP contribution in [0.1, 0.15) is 41.1 Å². The van der Waals surface area contributed by atoms with Crippen LogP contribution in [0, 0.1) is 0 Å². The number of thiophene rings is 1. The number of aromatic nitrogens is 1. The predicted octanol–water partition coefficient (Wildman–Crippen LogP) is 3.54. The Hall–Kier alpha value is -2.64. The van der Waals surface area contributed by atoms with Gasteiger partial charge in [-0.1, -0.05) is 18.2 Å². The van der Waals surface area contributed by atoms with Crippen molar-refractivity contribution < 1.29 is 9.59 Å². The van der Waals surface area contributed by atoms with E-state index in [0.29, 0.717) is 22.9 Å². The number of carbonyl (C=O) groups is 2. The number of rotatable bonds is 6. The maximum absolute atomic E-state index is 12.2. The summed E-state index contributed by atoms with van der Waals surface area (Å²) in [4.78, 5) is 29.3. The van der Waals surface area contributed by atoms with Gasteiger partial charge in [0.2, 0.25) is 5.91 Å². The van der Waals surface area contributed by atoms with Crippen LogP contribution in [0.4, 0.5) is 5.00 Å². The first-order valence-electron chi connectivity index (χ1n) is 9.57. The number of amides is 2. The zero-order chi connectivity index (χ0) is 19.5. The monoisotopic (exact) mass is 396 g/mol. The molecule has 3 aromatic rings. The van der Waals surface area contributed by atoms with E-state index < -0.39 is 5.91 Å². The second-order valence-corrected chi connectivity index (χ2v) is 8.15. The molecule has 28 heavy (non-hydrogen) atoms. The highest BCUT2D eigenvalue weighted by atomic mass is 32.1. The molecule has 0 unspecified atom stereocenters. The number of nitrogens with one attached hydrogen (secondary N) is 2. The molecule has 0 aliphatic carbocycles. The Morgan fingerprint density at radius 2 is 2.00 bits per heavy atom. The summed E-state index contributed by atoms with van der Waals surface area (Å²) >= 11 is 1.32. The summed E-state index contributed by atoms with van der Waals surface area (Å²) in [5, 5.41) is 6.42. The van der Waals surface area contributed by atoms with Crippen molar-refractivity contribution in [2.24, 2.45) is 5.73 Å². The number of primary amides is 1. The fraction of sp³-hybridized carbons (Fsp3) is 0.333. The third-order valence-electron chi connectivity index (χ3n) is 5.49. The average molecular weight is 397 g/mol. The number of nitrogens with zero attached hydrogens (tertiary/aromatic N) is 1. The molecule has 6 nitrogen and oxygen atoms in total. The fourth-order valence-electron chi connectivity index (χ4n) is 3.95. The smallest absolute Gasteiger partial charge is 0.251 e. The standard InChI is InChI=1S/C21H24N4O2S/c22-20(27)16-8-12-28-21(16)24-19(26)7-11-25-9-5-14(6-10-25)17-13-23-18-4-2-1-3-15(17)18/h1-4,8,12-14,23H,5-7,9-11H2,(H2,22,27)(H,24,26). The molecule has 0 radical (unpaired) electrons. The molecule has 1 aromatic carbocycles. The third kappa shape index (κ3) is 3.95. The van der Waals surface area contributed by atoms with Crippen molar-refractivity contribution in [3.63, 3.8) is 0 Å². The second kappa shape index (κ2) is 8.16. The van der Waals surface area contributed by atoms with Crippen LogP contribution in [0.15, 0.2) is 41.9 Å². The molecule has 3 heterocycles. The lowest BCUT2D eigenvalue weighted by atomic mass is 9.89. The van der Waals surface area contributed by atoms with Gasteiger partial charge in [-0.2, -0.15) is 0 Å². The van der Waals surface area contributed by atoms with Crippen molar-refractivity contribution >= 4 is 39.1 Å². The van der Waals surface area contributed by atoms with Gasteiger partial charge in [0.15, 0.2) is 0 Å². The van der Waals surface area contributed by atoms with Gasteiger partial charge in [-0.25, -0.2) is 0 Å². The van der Waals surface area contributed by atoms with Gasteiger partial charge in [-0.15, -0.1) is 11.3 Å². The Labute approximate surface area is 167 Å². The van der Waals surface area contributed by atoms with Gasteiger partial charge in [-0.05, 0) is 54.9 Å². The van der Waals surface area contributed by atoms with E-state index in [1.165, 1.54) is 27.8 Å². The average Bonchev–Trinajstić information content (AvgIpc) is 3.34. The quantitative estimate of drug-likeness (QED) is 0.595. The highest BCUT2D eigenvalue weighted by Crippen LogP contribution is 2.33. The van der Waals surface area contributed by atoms with Crippen LogP contribution in [-0.2, 0) is 4.79 Å². The normalized spacial score (nSPS) is 15.7. The molecule has 2 amide bonds. The lowest BCUT2D eigenvalue weighted by Crippen LogP contribution is -2.35. The SMILES string of the molecule is NC(=O)c1ccsc1NC(=O)CCN1CCC(c2c[nH]c3ccccc23)CC1. The van der Waals surface area contributed by atoms with Crippen LogP contribution in [0.25, 0.3) is 10.9 Å². The van der Waals surface area contributed by atoms with Crippen molar-refractivity contribution in [2.75, 3.05) is 25.0 Å². The van der Waals surface area contributed by atoms with Crippen molar-refractivity contribution in [1.82, 2.24) is 9.88 Å². The summed E-state index contributed by atoms with van der Waals surface area (Å²) in [6.07, 6.45) is 4.75. The number of carbonyl (C=O) groups excluding carboxylic acids is 2. The van der Waals surface area contributed by atoms with Crippen molar-refractivity contribution in [3.8, 4) is 0 Å². The van der Waals surface area contributed by atoms with Crippen LogP contribution in [0.5, 0.6) is 0 Å². The van der Waals surface area contributed by atoms with Gasteiger partial charge in [0.25, 0.3) is 5.91 Å². The number of hydrogen-bond acceptors (Lipinski definition) is 4. The number of aromatic amines is 1. The van der Waals surface area contributed by atoms with Crippen LogP contribution in [0.3, 0.4) is 0 Å². The number of likely N-dealkylation sites (tertiary alicyclic amines) is 1. The van der Waals surface area contributed by atoms with Gasteiger partial charge >= 0.3 is 0 Å². The van der Waals surface area contributed by atoms with E-state index >= 15 is 0 Å². The molecule has 0 atom stereocenters. The van der Waals surface area contributed by atoms with Crippen LogP contribution in [0.2, 0.25) is 0 Å². The number of anilines is 1. The minimum absolute atomic E-state index is 0.0799. The van der Waals surface area contributed by atoms with Gasteiger partial charge in [0, 0.05) is 30.1 Å². The Morgan fingerprint density at radius 3 is 2.79 bits per heavy atom. The minimum atomic E-state index is -0.518. The van der Waals surface area contributed by atoms with E-state index in [0.717, 1.165) is 32.5 Å². The summed E-state index contributed by atoms with van der Waals surface area (Å²) in [6.45, 7) is 2.70. The minimum Gasteiger partial charge on any atom is -0.366 e. The summed E-state index contributed by atoms with van der Waals surface area (Å²) in [7, 11) is 0. The van der Waals surface area contributed by atoms with Crippen LogP contribution < -0.4 is 11.1 Å². The molecule has 0 saturated carbocycles. The fourth-order valence-corrected chi connectivity index (χ4v) is 4.76. The Kier molecular flexibility index (Phi) is 5.45. The van der Waals surface area contributed by atoms with E-state index in [9.17, 15) is 9.59 Å². The van der Waals surface area contributed by atoms with Gasteiger partial charge in [0.1, 0.15) is 5.00 Å². The predicted molar refractivity (Wildman–Crippen MR) is 113 cm³/mol. The Bertz CT molecular complexity index is 985. The number of fused-ring (bicyclic) bond motifs is 1. The molecular weight excluding hydrogens is 372 g/mol. The molecule has 4 rings (SSSR count). The molecule has 2 aromatic heterocycles. The maximum Gasteiger partial charge on any atom is 0.251 e. The van der Waals surface area contributed by atoms with Crippen molar-refractivity contribution in [2.45, 2.75) is 25.2 Å². The Balaban J connectivity index is 1.27.